The Hall–Kier alpha value is -6.00. The first kappa shape index (κ1) is 42.0. The fraction of sp³-hybridized carbons (Fsp3) is 0.300. The zero-order valence-electron chi connectivity index (χ0n) is 40.2. The van der Waals surface area contributed by atoms with Crippen molar-refractivity contribution in [2.75, 3.05) is 9.80 Å². The summed E-state index contributed by atoms with van der Waals surface area (Å²) in [6.07, 6.45) is 0. The third kappa shape index (κ3) is 6.79. The molecular weight excluding hydrogens is 775 g/mol. The van der Waals surface area contributed by atoms with Crippen LogP contribution in [-0.4, -0.2) is 6.71 Å². The minimum atomic E-state index is -0.262. The lowest BCUT2D eigenvalue weighted by atomic mass is 9.30. The van der Waals surface area contributed by atoms with Gasteiger partial charge in [-0.1, -0.05) is 143 Å². The van der Waals surface area contributed by atoms with Gasteiger partial charge in [0.15, 0.2) is 0 Å². The molecule has 7 aromatic carbocycles. The number of hydrogen-bond acceptors (Lipinski definition) is 3. The number of hydrogen-bond donors (Lipinski definition) is 0. The maximum Gasteiger partial charge on any atom is 0.247 e. The lowest BCUT2D eigenvalue weighted by Gasteiger charge is -2.46. The normalized spacial score (nSPS) is 14.4. The molecule has 2 aliphatic heterocycles. The standard InChI is InChI=1S/C60H63BN2O/c1-36(2)39-14-21-43(22-15-39)62(44-23-16-40(17-24-44)37(3)4)46-27-28-47-48-34-49-51(35-56(48)64-55(47)33-46)61-52-32-42(59(9,10)11)20-29-53(52)63(45-25-18-41(19-26-45)58(6,7)8)54-31-38(5)30-50(57(54)61)60(49,12)13/h14-37H,1-13H3. The molecule has 3 heterocycles. The molecule has 2 aliphatic rings. The Labute approximate surface area is 382 Å². The number of furan rings is 1. The maximum absolute atomic E-state index is 7.06. The van der Waals surface area contributed by atoms with Crippen LogP contribution in [0.4, 0.5) is 34.1 Å². The summed E-state index contributed by atoms with van der Waals surface area (Å²) in [5, 5.41) is 2.31. The van der Waals surface area contributed by atoms with Crippen LogP contribution in [0.3, 0.4) is 0 Å². The lowest BCUT2D eigenvalue weighted by Crippen LogP contribution is -2.64. The Balaban J connectivity index is 1.17. The van der Waals surface area contributed by atoms with Crippen LogP contribution in [0.15, 0.2) is 138 Å². The highest BCUT2D eigenvalue weighted by Gasteiger charge is 2.47. The highest BCUT2D eigenvalue weighted by atomic mass is 16.3. The van der Waals surface area contributed by atoms with Gasteiger partial charge in [-0.3, -0.25) is 0 Å². The molecular formula is C60H63BN2O. The van der Waals surface area contributed by atoms with E-state index in [1.807, 2.05) is 0 Å². The molecule has 8 aromatic rings. The minimum Gasteiger partial charge on any atom is -0.456 e. The Morgan fingerprint density at radius 3 is 1.67 bits per heavy atom. The number of anilines is 6. The van der Waals surface area contributed by atoms with Crippen LogP contribution in [0.2, 0.25) is 0 Å². The number of rotatable bonds is 6. The number of nitrogens with zero attached hydrogens (tertiary/aromatic N) is 2. The molecule has 0 unspecified atom stereocenters. The topological polar surface area (TPSA) is 19.6 Å². The van der Waals surface area contributed by atoms with Gasteiger partial charge in [-0.15, -0.1) is 0 Å². The average molecular weight is 839 g/mol. The summed E-state index contributed by atoms with van der Waals surface area (Å²) in [6.45, 7) is 30.0. The Bertz CT molecular complexity index is 3050. The molecule has 0 N–H and O–H groups in total. The van der Waals surface area contributed by atoms with Gasteiger partial charge in [0.05, 0.1) is 0 Å². The Kier molecular flexibility index (Phi) is 9.69. The van der Waals surface area contributed by atoms with Gasteiger partial charge in [0.25, 0.3) is 0 Å². The molecule has 10 rings (SSSR count). The molecule has 0 atom stereocenters. The molecule has 0 fully saturated rings. The van der Waals surface area contributed by atoms with Crippen LogP contribution in [0.5, 0.6) is 0 Å². The zero-order valence-corrected chi connectivity index (χ0v) is 40.2. The molecule has 0 saturated carbocycles. The van der Waals surface area contributed by atoms with Crippen LogP contribution in [0.1, 0.15) is 134 Å². The fourth-order valence-electron chi connectivity index (χ4n) is 10.6. The maximum atomic E-state index is 7.06. The average Bonchev–Trinajstić information content (AvgIpc) is 3.61. The van der Waals surface area contributed by atoms with E-state index in [9.17, 15) is 0 Å². The van der Waals surface area contributed by atoms with Gasteiger partial charge in [-0.2, -0.15) is 0 Å². The van der Waals surface area contributed by atoms with E-state index in [-0.39, 0.29) is 23.0 Å². The van der Waals surface area contributed by atoms with E-state index in [2.05, 4.69) is 233 Å². The second-order valence-corrected chi connectivity index (χ2v) is 22.0. The molecule has 4 heteroatoms. The van der Waals surface area contributed by atoms with Gasteiger partial charge in [0.2, 0.25) is 6.71 Å². The van der Waals surface area contributed by atoms with Gasteiger partial charge >= 0.3 is 0 Å². The SMILES string of the molecule is Cc1cc2c3c(c1)C(C)(C)c1cc4c(cc1B3c1cc(C(C)(C)C)ccc1N2c1ccc(C(C)(C)C)cc1)oc1cc(N(c2ccc(C(C)C)cc2)c2ccc(C(C)C)cc2)ccc14. The van der Waals surface area contributed by atoms with Crippen LogP contribution in [-0.2, 0) is 16.2 Å². The van der Waals surface area contributed by atoms with Crippen molar-refractivity contribution in [1.82, 2.24) is 0 Å². The molecule has 322 valence electrons. The van der Waals surface area contributed by atoms with Crippen LogP contribution >= 0.6 is 0 Å². The number of benzene rings is 7. The van der Waals surface area contributed by atoms with Crippen molar-refractivity contribution < 1.29 is 4.42 Å². The molecule has 64 heavy (non-hydrogen) atoms. The van der Waals surface area contributed by atoms with E-state index >= 15 is 0 Å². The summed E-state index contributed by atoms with van der Waals surface area (Å²) in [7, 11) is 0. The van der Waals surface area contributed by atoms with E-state index in [4.69, 9.17) is 4.42 Å². The smallest absolute Gasteiger partial charge is 0.247 e. The summed E-state index contributed by atoms with van der Waals surface area (Å²) in [6, 6.07) is 51.2. The first-order chi connectivity index (χ1) is 30.3. The van der Waals surface area contributed by atoms with Crippen molar-refractivity contribution >= 4 is 79.2 Å². The van der Waals surface area contributed by atoms with Crippen molar-refractivity contribution in [2.24, 2.45) is 0 Å². The summed E-state index contributed by atoms with van der Waals surface area (Å²) in [4.78, 5) is 4.90. The molecule has 0 bridgehead atoms. The third-order valence-electron chi connectivity index (χ3n) is 14.4. The summed E-state index contributed by atoms with van der Waals surface area (Å²) < 4.78 is 7.06. The molecule has 3 nitrogen and oxygen atoms in total. The molecule has 0 spiro atoms. The molecule has 0 radical (unpaired) electrons. The van der Waals surface area contributed by atoms with Crippen LogP contribution in [0, 0.1) is 6.92 Å². The second kappa shape index (κ2) is 14.8. The van der Waals surface area contributed by atoms with E-state index < -0.39 is 0 Å². The van der Waals surface area contributed by atoms with Crippen molar-refractivity contribution in [3.8, 4) is 0 Å². The second-order valence-electron chi connectivity index (χ2n) is 22.0. The van der Waals surface area contributed by atoms with E-state index in [1.54, 1.807) is 0 Å². The summed E-state index contributed by atoms with van der Waals surface area (Å²) in [5.74, 6) is 0.928. The van der Waals surface area contributed by atoms with Crippen molar-refractivity contribution in [1.29, 1.82) is 0 Å². The summed E-state index contributed by atoms with van der Waals surface area (Å²) in [5.41, 5.74) is 22.2. The third-order valence-corrected chi connectivity index (χ3v) is 14.4. The zero-order chi connectivity index (χ0) is 45.2. The van der Waals surface area contributed by atoms with E-state index in [1.165, 1.54) is 77.8 Å². The van der Waals surface area contributed by atoms with E-state index in [0.29, 0.717) is 11.8 Å². The quantitative estimate of drug-likeness (QED) is 0.156. The minimum absolute atomic E-state index is 0.0113. The van der Waals surface area contributed by atoms with Crippen LogP contribution in [0.25, 0.3) is 21.9 Å². The first-order valence-electron chi connectivity index (χ1n) is 23.5. The highest BCUT2D eigenvalue weighted by molar-refractivity contribution is 6.99. The Morgan fingerprint density at radius 1 is 0.531 bits per heavy atom. The van der Waals surface area contributed by atoms with Gasteiger partial charge in [0, 0.05) is 56.4 Å². The molecule has 0 aliphatic carbocycles. The Morgan fingerprint density at radius 2 is 1.09 bits per heavy atom. The van der Waals surface area contributed by atoms with Gasteiger partial charge in [-0.05, 0) is 152 Å². The molecule has 0 amide bonds. The molecule has 0 saturated heterocycles. The predicted octanol–water partition coefficient (Wildman–Crippen LogP) is 15.1. The number of aryl methyl sites for hydroxylation is 1. The van der Waals surface area contributed by atoms with Gasteiger partial charge < -0.3 is 14.2 Å². The largest absolute Gasteiger partial charge is 0.456 e. The summed E-state index contributed by atoms with van der Waals surface area (Å²) >= 11 is 0. The number of fused-ring (bicyclic) bond motifs is 7. The monoisotopic (exact) mass is 839 g/mol. The van der Waals surface area contributed by atoms with Crippen LogP contribution < -0.4 is 26.2 Å². The lowest BCUT2D eigenvalue weighted by molar-refractivity contribution is 0.590. The van der Waals surface area contributed by atoms with Gasteiger partial charge in [-0.25, -0.2) is 0 Å². The predicted molar refractivity (Wildman–Crippen MR) is 277 cm³/mol. The fourth-order valence-corrected chi connectivity index (χ4v) is 10.6. The van der Waals surface area contributed by atoms with Crippen molar-refractivity contribution in [2.45, 2.75) is 118 Å². The van der Waals surface area contributed by atoms with E-state index in [0.717, 1.165) is 33.6 Å². The van der Waals surface area contributed by atoms with Gasteiger partial charge in [0.1, 0.15) is 11.2 Å². The van der Waals surface area contributed by atoms with Crippen molar-refractivity contribution in [3.05, 3.63) is 172 Å². The van der Waals surface area contributed by atoms with Crippen molar-refractivity contribution in [3.63, 3.8) is 0 Å². The first-order valence-corrected chi connectivity index (χ1v) is 23.5. The molecule has 1 aromatic heterocycles. The highest BCUT2D eigenvalue weighted by Crippen LogP contribution is 2.46.